The van der Waals surface area contributed by atoms with Crippen molar-refractivity contribution < 1.29 is 22.7 Å². The van der Waals surface area contributed by atoms with Gasteiger partial charge in [0, 0.05) is 23.4 Å². The molecule has 0 atom stereocenters. The van der Waals surface area contributed by atoms with Crippen molar-refractivity contribution in [1.82, 2.24) is 14.6 Å². The van der Waals surface area contributed by atoms with Gasteiger partial charge in [-0.2, -0.15) is 0 Å². The van der Waals surface area contributed by atoms with E-state index in [2.05, 4.69) is 15.0 Å². The average molecular weight is 487 g/mol. The molecule has 1 aromatic heterocycles. The summed E-state index contributed by atoms with van der Waals surface area (Å²) in [6, 6.07) is 4.00. The van der Waals surface area contributed by atoms with Crippen molar-refractivity contribution in [3.63, 3.8) is 0 Å². The predicted octanol–water partition coefficient (Wildman–Crippen LogP) is 3.25. The highest BCUT2D eigenvalue weighted by molar-refractivity contribution is 7.89. The number of ether oxygens (including phenoxy) is 1. The van der Waals surface area contributed by atoms with E-state index in [-0.39, 0.29) is 15.5 Å². The van der Waals surface area contributed by atoms with Crippen LogP contribution in [0.5, 0.6) is 0 Å². The molecule has 0 radical (unpaired) electrons. The van der Waals surface area contributed by atoms with Crippen molar-refractivity contribution in [2.75, 3.05) is 18.9 Å². The van der Waals surface area contributed by atoms with Gasteiger partial charge in [-0.25, -0.2) is 22.9 Å². The molecule has 1 aliphatic rings. The Labute approximate surface area is 189 Å². The number of thiazole rings is 1. The fourth-order valence-corrected chi connectivity index (χ4v) is 5.13. The van der Waals surface area contributed by atoms with Crippen LogP contribution < -0.4 is 10.0 Å². The smallest absolute Gasteiger partial charge is 0.410 e. The van der Waals surface area contributed by atoms with E-state index in [1.54, 1.807) is 4.90 Å². The Morgan fingerprint density at radius 2 is 2.00 bits per heavy atom. The quantitative estimate of drug-likeness (QED) is 0.684. The molecule has 1 aromatic carbocycles. The number of anilines is 1. The van der Waals surface area contributed by atoms with E-state index in [1.165, 1.54) is 36.6 Å². The van der Waals surface area contributed by atoms with Crippen LogP contribution in [0.15, 0.2) is 23.1 Å². The Balaban J connectivity index is 1.74. The van der Waals surface area contributed by atoms with Gasteiger partial charge in [-0.05, 0) is 46.0 Å². The van der Waals surface area contributed by atoms with Gasteiger partial charge in [-0.1, -0.05) is 22.9 Å². The summed E-state index contributed by atoms with van der Waals surface area (Å²) in [6.07, 6.45) is 0.156. The number of benzene rings is 1. The molecule has 12 heteroatoms. The molecule has 2 N–H and O–H groups in total. The van der Waals surface area contributed by atoms with Gasteiger partial charge in [0.05, 0.1) is 17.3 Å². The fourth-order valence-electron chi connectivity index (χ4n) is 2.86. The maximum absolute atomic E-state index is 12.6. The zero-order chi connectivity index (χ0) is 23.0. The van der Waals surface area contributed by atoms with Crippen molar-refractivity contribution in [1.29, 1.82) is 0 Å². The number of sulfonamides is 1. The highest BCUT2D eigenvalue weighted by atomic mass is 35.5. The summed E-state index contributed by atoms with van der Waals surface area (Å²) in [5, 5.41) is 3.07. The summed E-state index contributed by atoms with van der Waals surface area (Å²) in [6.45, 7) is 6.25. The molecular weight excluding hydrogens is 464 g/mol. The molecule has 0 unspecified atom stereocenters. The van der Waals surface area contributed by atoms with E-state index in [4.69, 9.17) is 16.3 Å². The lowest BCUT2D eigenvalue weighted by atomic mass is 10.2. The van der Waals surface area contributed by atoms with E-state index in [9.17, 15) is 18.0 Å². The monoisotopic (exact) mass is 486 g/mol. The Bertz CT molecular complexity index is 1120. The molecule has 0 bridgehead atoms. The molecule has 0 saturated heterocycles. The number of nitrogens with one attached hydrogen (secondary N) is 2. The van der Waals surface area contributed by atoms with Crippen LogP contribution in [-0.4, -0.2) is 49.5 Å². The normalized spacial score (nSPS) is 14.2. The van der Waals surface area contributed by atoms with Gasteiger partial charge in [0.1, 0.15) is 10.5 Å². The first kappa shape index (κ1) is 23.5. The Morgan fingerprint density at radius 3 is 2.65 bits per heavy atom. The first-order valence-electron chi connectivity index (χ1n) is 9.40. The number of carbonyl (C=O) groups excluding carboxylic acids is 2. The maximum Gasteiger partial charge on any atom is 0.410 e. The molecule has 2 heterocycles. The molecule has 2 aromatic rings. The third kappa shape index (κ3) is 5.53. The molecule has 3 rings (SSSR count). The van der Waals surface area contributed by atoms with Crippen molar-refractivity contribution in [3.05, 3.63) is 39.4 Å². The Morgan fingerprint density at radius 1 is 1.29 bits per heavy atom. The highest BCUT2D eigenvalue weighted by Crippen LogP contribution is 2.30. The Kier molecular flexibility index (Phi) is 6.61. The summed E-state index contributed by atoms with van der Waals surface area (Å²) in [5.74, 6) is -0.515. The average Bonchev–Trinajstić information content (AvgIpc) is 3.08. The summed E-state index contributed by atoms with van der Waals surface area (Å²) >= 11 is 7.23. The second-order valence-electron chi connectivity index (χ2n) is 7.85. The lowest BCUT2D eigenvalue weighted by Crippen LogP contribution is -2.39. The summed E-state index contributed by atoms with van der Waals surface area (Å²) in [5.41, 5.74) is 0.360. The maximum atomic E-state index is 12.6. The van der Waals surface area contributed by atoms with Gasteiger partial charge in [-0.3, -0.25) is 10.1 Å². The van der Waals surface area contributed by atoms with Crippen LogP contribution >= 0.6 is 22.9 Å². The van der Waals surface area contributed by atoms with Crippen molar-refractivity contribution in [2.24, 2.45) is 0 Å². The molecule has 2 amide bonds. The number of hydrogen-bond donors (Lipinski definition) is 2. The van der Waals surface area contributed by atoms with Crippen molar-refractivity contribution in [3.8, 4) is 0 Å². The first-order valence-corrected chi connectivity index (χ1v) is 12.1. The van der Waals surface area contributed by atoms with E-state index in [1.807, 2.05) is 20.8 Å². The standard InChI is InChI=1S/C19H23ClN4O5S2/c1-19(2,3)29-18(26)24-8-7-13-14(10-24)30-17(22-13)23-16(25)11-5-6-12(20)15(9-11)31(27,28)21-4/h5-6,9,21H,7-8,10H2,1-4H3,(H,22,23,25). The molecule has 9 nitrogen and oxygen atoms in total. The summed E-state index contributed by atoms with van der Waals surface area (Å²) in [4.78, 5) is 31.7. The van der Waals surface area contributed by atoms with Gasteiger partial charge >= 0.3 is 6.09 Å². The number of amides is 2. The van der Waals surface area contributed by atoms with Crippen LogP contribution in [-0.2, 0) is 27.7 Å². The summed E-state index contributed by atoms with van der Waals surface area (Å²) in [7, 11) is -2.55. The number of fused-ring (bicyclic) bond motifs is 1. The van der Waals surface area contributed by atoms with Crippen molar-refractivity contribution >= 4 is 50.1 Å². The number of hydrogen-bond acceptors (Lipinski definition) is 7. The van der Waals surface area contributed by atoms with Gasteiger partial charge in [0.25, 0.3) is 5.91 Å². The third-order valence-electron chi connectivity index (χ3n) is 4.36. The fraction of sp³-hybridized carbons (Fsp3) is 0.421. The molecule has 31 heavy (non-hydrogen) atoms. The van der Waals surface area contributed by atoms with Crippen LogP contribution in [0.25, 0.3) is 0 Å². The summed E-state index contributed by atoms with van der Waals surface area (Å²) < 4.78 is 31.8. The second kappa shape index (κ2) is 8.73. The SMILES string of the molecule is CNS(=O)(=O)c1cc(C(=O)Nc2nc3c(s2)CN(C(=O)OC(C)(C)C)CC3)ccc1Cl. The highest BCUT2D eigenvalue weighted by Gasteiger charge is 2.28. The van der Waals surface area contributed by atoms with E-state index >= 15 is 0 Å². The first-order chi connectivity index (χ1) is 14.4. The van der Waals surface area contributed by atoms with Crippen molar-refractivity contribution in [2.45, 2.75) is 44.2 Å². The molecule has 0 saturated carbocycles. The lowest BCUT2D eigenvalue weighted by molar-refractivity contribution is 0.0225. The van der Waals surface area contributed by atoms with Crippen LogP contribution in [0.3, 0.4) is 0 Å². The number of aromatic nitrogens is 1. The molecular formula is C19H23ClN4O5S2. The van der Waals surface area contributed by atoms with E-state index < -0.39 is 27.6 Å². The zero-order valence-electron chi connectivity index (χ0n) is 17.5. The van der Waals surface area contributed by atoms with Crippen LogP contribution in [0.1, 0.15) is 41.7 Å². The molecule has 1 aliphatic heterocycles. The zero-order valence-corrected chi connectivity index (χ0v) is 19.9. The number of rotatable bonds is 4. The largest absolute Gasteiger partial charge is 0.444 e. The third-order valence-corrected chi connectivity index (χ3v) is 7.25. The Hall–Kier alpha value is -2.21. The van der Waals surface area contributed by atoms with Gasteiger partial charge in [-0.15, -0.1) is 0 Å². The van der Waals surface area contributed by atoms with Crippen LogP contribution in [0.2, 0.25) is 5.02 Å². The molecule has 0 fully saturated rings. The number of nitrogens with zero attached hydrogens (tertiary/aromatic N) is 2. The lowest BCUT2D eigenvalue weighted by Gasteiger charge is -2.29. The minimum atomic E-state index is -3.81. The molecule has 168 valence electrons. The topological polar surface area (TPSA) is 118 Å². The van der Waals surface area contributed by atoms with Gasteiger partial charge in [0.15, 0.2) is 5.13 Å². The van der Waals surface area contributed by atoms with Gasteiger partial charge in [0.2, 0.25) is 10.0 Å². The molecule has 0 aliphatic carbocycles. The number of carbonyl (C=O) groups is 2. The number of halogens is 1. The molecule has 0 spiro atoms. The van der Waals surface area contributed by atoms with Crippen LogP contribution in [0.4, 0.5) is 9.93 Å². The minimum absolute atomic E-state index is 0.0119. The van der Waals surface area contributed by atoms with E-state index in [0.717, 1.165) is 10.6 Å². The van der Waals surface area contributed by atoms with Gasteiger partial charge < -0.3 is 9.64 Å². The van der Waals surface area contributed by atoms with Crippen LogP contribution in [0, 0.1) is 0 Å². The second-order valence-corrected chi connectivity index (χ2v) is 11.2. The predicted molar refractivity (Wildman–Crippen MR) is 118 cm³/mol. The minimum Gasteiger partial charge on any atom is -0.444 e. The van der Waals surface area contributed by atoms with E-state index in [0.29, 0.717) is 24.6 Å².